The second kappa shape index (κ2) is 8.88. The Morgan fingerprint density at radius 1 is 1.24 bits per heavy atom. The number of likely N-dealkylation sites (N-methyl/N-ethyl adjacent to an activating group) is 1. The molecule has 29 heavy (non-hydrogen) atoms. The van der Waals surface area contributed by atoms with E-state index in [-0.39, 0.29) is 5.82 Å². The molecule has 0 bridgehead atoms. The molecule has 0 fully saturated rings. The summed E-state index contributed by atoms with van der Waals surface area (Å²) in [6, 6.07) is 11.1. The van der Waals surface area contributed by atoms with Gasteiger partial charge in [-0.3, -0.25) is 0 Å². The highest BCUT2D eigenvalue weighted by Gasteiger charge is 2.15. The third kappa shape index (κ3) is 4.81. The van der Waals surface area contributed by atoms with Crippen molar-refractivity contribution in [3.63, 3.8) is 0 Å². The van der Waals surface area contributed by atoms with Crippen LogP contribution in [-0.2, 0) is 0 Å². The molecule has 0 saturated heterocycles. The fraction of sp³-hybridized carbons (Fsp3) is 0.208. The van der Waals surface area contributed by atoms with Crippen LogP contribution in [0.5, 0.6) is 0 Å². The van der Waals surface area contributed by atoms with Gasteiger partial charge in [0, 0.05) is 47.5 Å². The maximum Gasteiger partial charge on any atom is 0.126 e. The summed E-state index contributed by atoms with van der Waals surface area (Å²) in [5, 5.41) is 14.6. The lowest BCUT2D eigenvalue weighted by Gasteiger charge is -2.21. The first-order valence-corrected chi connectivity index (χ1v) is 9.54. The molecule has 0 saturated carbocycles. The van der Waals surface area contributed by atoms with Gasteiger partial charge in [0.2, 0.25) is 0 Å². The molecule has 0 atom stereocenters. The van der Waals surface area contributed by atoms with E-state index in [0.717, 1.165) is 45.9 Å². The van der Waals surface area contributed by atoms with E-state index in [9.17, 15) is 4.39 Å². The van der Waals surface area contributed by atoms with Crippen molar-refractivity contribution in [2.75, 3.05) is 32.5 Å². The molecule has 0 unspecified atom stereocenters. The Morgan fingerprint density at radius 2 is 2.00 bits per heavy atom. The number of dihydropyridines is 1. The van der Waals surface area contributed by atoms with Gasteiger partial charge in [0.1, 0.15) is 5.82 Å². The first-order valence-electron chi connectivity index (χ1n) is 9.54. The Hall–Kier alpha value is -3.18. The number of hydrogen-bond donors (Lipinski definition) is 3. The van der Waals surface area contributed by atoms with Gasteiger partial charge in [-0.25, -0.2) is 4.39 Å². The van der Waals surface area contributed by atoms with Gasteiger partial charge in [-0.2, -0.15) is 0 Å². The number of halogens is 1. The van der Waals surface area contributed by atoms with Crippen molar-refractivity contribution in [2.45, 2.75) is 6.92 Å². The van der Waals surface area contributed by atoms with Crippen LogP contribution < -0.4 is 10.6 Å². The number of hydrogen-bond acceptors (Lipinski definition) is 4. The normalized spacial score (nSPS) is 13.4. The van der Waals surface area contributed by atoms with E-state index in [1.807, 2.05) is 43.3 Å². The van der Waals surface area contributed by atoms with E-state index in [2.05, 4.69) is 29.4 Å². The predicted molar refractivity (Wildman–Crippen MR) is 121 cm³/mol. The number of anilines is 1. The lowest BCUT2D eigenvalue weighted by atomic mass is 9.94. The van der Waals surface area contributed by atoms with Gasteiger partial charge in [-0.05, 0) is 68.0 Å². The van der Waals surface area contributed by atoms with Crippen molar-refractivity contribution in [1.29, 1.82) is 5.41 Å². The molecule has 1 aliphatic heterocycles. The third-order valence-electron chi connectivity index (χ3n) is 4.73. The largest absolute Gasteiger partial charge is 0.381 e. The molecule has 3 N–H and O–H groups in total. The fourth-order valence-electron chi connectivity index (χ4n) is 3.39. The standard InChI is InChI=1S/C24H27FN4/c1-16-12-19(7-9-22(16)25)24-21(6-5-11-27-24)18-8-10-23(20(13-18)14-26)28-17(2)15-29(3)4/h5-10,12-14,26-28H,2,11,15H2,1,3-4H3. The molecule has 1 aliphatic rings. The van der Waals surface area contributed by atoms with Gasteiger partial charge >= 0.3 is 0 Å². The van der Waals surface area contributed by atoms with Crippen molar-refractivity contribution < 1.29 is 4.39 Å². The summed E-state index contributed by atoms with van der Waals surface area (Å²) in [6.45, 7) is 7.26. The highest BCUT2D eigenvalue weighted by molar-refractivity contribution is 5.98. The molecule has 0 aliphatic carbocycles. The molecule has 0 amide bonds. The molecule has 3 rings (SSSR count). The average Bonchev–Trinajstić information content (AvgIpc) is 2.70. The Labute approximate surface area is 172 Å². The van der Waals surface area contributed by atoms with Crippen LogP contribution in [0.25, 0.3) is 11.3 Å². The van der Waals surface area contributed by atoms with Crippen LogP contribution in [0.15, 0.2) is 60.8 Å². The van der Waals surface area contributed by atoms with Crippen LogP contribution in [0.4, 0.5) is 10.1 Å². The number of benzene rings is 2. The van der Waals surface area contributed by atoms with E-state index >= 15 is 0 Å². The SMILES string of the molecule is C=C(CN(C)C)Nc1ccc(C2=C(c3ccc(F)c(C)c3)NCC=C2)cc1C=N. The van der Waals surface area contributed by atoms with Crippen LogP contribution >= 0.6 is 0 Å². The maximum atomic E-state index is 13.7. The molecule has 2 aromatic rings. The zero-order chi connectivity index (χ0) is 21.0. The molecule has 2 aromatic carbocycles. The topological polar surface area (TPSA) is 51.1 Å². The summed E-state index contributed by atoms with van der Waals surface area (Å²) in [4.78, 5) is 2.04. The van der Waals surface area contributed by atoms with Gasteiger partial charge in [0.05, 0.1) is 0 Å². The minimum Gasteiger partial charge on any atom is -0.381 e. The van der Waals surface area contributed by atoms with Crippen LogP contribution in [0.2, 0.25) is 0 Å². The van der Waals surface area contributed by atoms with E-state index < -0.39 is 0 Å². The summed E-state index contributed by atoms with van der Waals surface area (Å²) < 4.78 is 13.7. The Balaban J connectivity index is 2.00. The third-order valence-corrected chi connectivity index (χ3v) is 4.73. The van der Waals surface area contributed by atoms with Gasteiger partial charge in [0.25, 0.3) is 0 Å². The summed E-state index contributed by atoms with van der Waals surface area (Å²) >= 11 is 0. The molecule has 5 heteroatoms. The number of allylic oxidation sites excluding steroid dienone is 2. The first-order chi connectivity index (χ1) is 13.9. The molecule has 4 nitrogen and oxygen atoms in total. The highest BCUT2D eigenvalue weighted by atomic mass is 19.1. The van der Waals surface area contributed by atoms with E-state index in [1.165, 1.54) is 12.3 Å². The van der Waals surface area contributed by atoms with Gasteiger partial charge in [0.15, 0.2) is 0 Å². The molecule has 0 spiro atoms. The molecule has 1 heterocycles. The maximum absolute atomic E-state index is 13.7. The van der Waals surface area contributed by atoms with Crippen LogP contribution in [-0.4, -0.2) is 38.3 Å². The smallest absolute Gasteiger partial charge is 0.126 e. The number of rotatable bonds is 7. The Kier molecular flexibility index (Phi) is 6.29. The summed E-state index contributed by atoms with van der Waals surface area (Å²) in [5.74, 6) is -0.207. The summed E-state index contributed by atoms with van der Waals surface area (Å²) in [6.07, 6.45) is 5.48. The first kappa shape index (κ1) is 20.6. The van der Waals surface area contributed by atoms with Crippen molar-refractivity contribution >= 4 is 23.2 Å². The second-order valence-electron chi connectivity index (χ2n) is 7.45. The van der Waals surface area contributed by atoms with E-state index in [1.54, 1.807) is 13.0 Å². The van der Waals surface area contributed by atoms with Crippen LogP contribution in [0, 0.1) is 18.2 Å². The monoisotopic (exact) mass is 390 g/mol. The van der Waals surface area contributed by atoms with Gasteiger partial charge in [-0.15, -0.1) is 0 Å². The minimum absolute atomic E-state index is 0.207. The molecular formula is C24H27FN4. The quantitative estimate of drug-likeness (QED) is 0.604. The molecule has 150 valence electrons. The minimum atomic E-state index is -0.207. The van der Waals surface area contributed by atoms with Crippen molar-refractivity contribution in [2.24, 2.45) is 0 Å². The van der Waals surface area contributed by atoms with E-state index in [0.29, 0.717) is 12.1 Å². The summed E-state index contributed by atoms with van der Waals surface area (Å²) in [7, 11) is 3.97. The Bertz CT molecular complexity index is 1000. The zero-order valence-corrected chi connectivity index (χ0v) is 17.1. The van der Waals surface area contributed by atoms with Crippen LogP contribution in [0.3, 0.4) is 0 Å². The number of aryl methyl sites for hydroxylation is 1. The fourth-order valence-corrected chi connectivity index (χ4v) is 3.39. The van der Waals surface area contributed by atoms with Crippen LogP contribution in [0.1, 0.15) is 22.3 Å². The average molecular weight is 391 g/mol. The zero-order valence-electron chi connectivity index (χ0n) is 17.1. The number of nitrogens with one attached hydrogen (secondary N) is 3. The highest BCUT2D eigenvalue weighted by Crippen LogP contribution is 2.31. The lowest BCUT2D eigenvalue weighted by Crippen LogP contribution is -2.19. The molecule has 0 radical (unpaired) electrons. The van der Waals surface area contributed by atoms with Gasteiger partial charge in [-0.1, -0.05) is 24.8 Å². The predicted octanol–water partition coefficient (Wildman–Crippen LogP) is 4.65. The Morgan fingerprint density at radius 3 is 2.69 bits per heavy atom. The summed E-state index contributed by atoms with van der Waals surface area (Å²) in [5.41, 5.74) is 7.03. The van der Waals surface area contributed by atoms with Gasteiger partial charge < -0.3 is 20.9 Å². The molecule has 0 aromatic heterocycles. The van der Waals surface area contributed by atoms with Crippen molar-refractivity contribution in [1.82, 2.24) is 10.2 Å². The molecular weight excluding hydrogens is 363 g/mol. The number of nitrogens with zero attached hydrogens (tertiary/aromatic N) is 1. The van der Waals surface area contributed by atoms with E-state index in [4.69, 9.17) is 5.41 Å². The lowest BCUT2D eigenvalue weighted by molar-refractivity contribution is 0.447. The van der Waals surface area contributed by atoms with Crippen molar-refractivity contribution in [3.05, 3.63) is 88.9 Å². The second-order valence-corrected chi connectivity index (χ2v) is 7.45. The van der Waals surface area contributed by atoms with Crippen molar-refractivity contribution in [3.8, 4) is 0 Å².